The van der Waals surface area contributed by atoms with E-state index in [0.29, 0.717) is 10.7 Å². The van der Waals surface area contributed by atoms with Gasteiger partial charge in [0.15, 0.2) is 10.3 Å². The number of nitrogens with zero attached hydrogens (tertiary/aromatic N) is 4. The molecule has 0 bridgehead atoms. The summed E-state index contributed by atoms with van der Waals surface area (Å²) in [5, 5.41) is 20.4. The van der Waals surface area contributed by atoms with Crippen molar-refractivity contribution in [2.24, 2.45) is 12.0 Å². The van der Waals surface area contributed by atoms with Crippen molar-refractivity contribution >= 4 is 58.2 Å². The first-order valence-electron chi connectivity index (χ1n) is 11.3. The quantitative estimate of drug-likeness (QED) is 0.0627. The number of thioether (sulfide) groups is 3. The van der Waals surface area contributed by atoms with Gasteiger partial charge in [-0.15, -0.1) is 11.8 Å². The number of aliphatic imine (C=N–C) groups is 1. The molecule has 0 aliphatic carbocycles. The van der Waals surface area contributed by atoms with Crippen molar-refractivity contribution in [1.29, 1.82) is 0 Å². The molecule has 0 saturated carbocycles. The molecule has 0 radical (unpaired) electrons. The molecule has 2 aliphatic rings. The second-order valence-electron chi connectivity index (χ2n) is 8.80. The van der Waals surface area contributed by atoms with E-state index in [2.05, 4.69) is 25.7 Å². The van der Waals surface area contributed by atoms with Gasteiger partial charge in [-0.2, -0.15) is 4.98 Å². The van der Waals surface area contributed by atoms with Gasteiger partial charge in [0.05, 0.1) is 17.4 Å². The Hall–Kier alpha value is -1.72. The zero-order valence-electron chi connectivity index (χ0n) is 21.9. The molecule has 1 aromatic heterocycles. The van der Waals surface area contributed by atoms with E-state index in [1.807, 2.05) is 27.7 Å². The predicted molar refractivity (Wildman–Crippen MR) is 141 cm³/mol. The molecule has 1 aromatic rings. The minimum Gasteiger partial charge on any atom is -0.543 e. The van der Waals surface area contributed by atoms with E-state index in [4.69, 9.17) is 0 Å². The van der Waals surface area contributed by atoms with Crippen LogP contribution in [0.5, 0.6) is 0 Å². The first kappa shape index (κ1) is 32.5. The molecule has 38 heavy (non-hydrogen) atoms. The summed E-state index contributed by atoms with van der Waals surface area (Å²) < 4.78 is 1.26. The average Bonchev–Trinajstić information content (AvgIpc) is 2.80. The number of aromatic nitrogens is 3. The Morgan fingerprint density at radius 3 is 2.55 bits per heavy atom. The number of hydrogen-bond donors (Lipinski definition) is 3. The van der Waals surface area contributed by atoms with E-state index in [1.165, 1.54) is 35.3 Å². The van der Waals surface area contributed by atoms with E-state index in [-0.39, 0.29) is 75.7 Å². The number of rotatable bonds is 9. The fraction of sp³-hybridized carbons (Fsp3) is 0.571. The number of aryl methyl sites for hydroxylation is 1. The summed E-state index contributed by atoms with van der Waals surface area (Å²) in [5.41, 5.74) is -1.66. The van der Waals surface area contributed by atoms with Crippen molar-refractivity contribution in [1.82, 2.24) is 30.3 Å². The number of H-pyrrole nitrogens is 1. The molecule has 3 rings (SSSR count). The maximum absolute atomic E-state index is 12.9. The van der Waals surface area contributed by atoms with Gasteiger partial charge in [0, 0.05) is 30.6 Å². The summed E-state index contributed by atoms with van der Waals surface area (Å²) in [4.78, 5) is 69.6. The van der Waals surface area contributed by atoms with E-state index in [9.17, 15) is 29.1 Å². The first-order chi connectivity index (χ1) is 17.4. The molecule has 17 heteroatoms. The van der Waals surface area contributed by atoms with Crippen LogP contribution in [0.3, 0.4) is 0 Å². The number of carboxylic acid groups (broad SMARTS) is 1. The minimum atomic E-state index is -1.51. The van der Waals surface area contributed by atoms with Crippen molar-refractivity contribution in [3.05, 3.63) is 32.0 Å². The molecule has 0 spiro atoms. The Morgan fingerprint density at radius 2 is 1.95 bits per heavy atom. The third-order valence-electron chi connectivity index (χ3n) is 5.01. The Kier molecular flexibility index (Phi) is 12.0. The molecule has 2 unspecified atom stereocenters. The van der Waals surface area contributed by atoms with E-state index >= 15 is 0 Å². The number of nitrogens with one attached hydrogen (secondary N) is 3. The zero-order chi connectivity index (χ0) is 27.4. The second-order valence-corrected chi connectivity index (χ2v) is 11.8. The number of amides is 2. The third-order valence-corrected chi connectivity index (χ3v) is 8.37. The van der Waals surface area contributed by atoms with Crippen LogP contribution in [-0.4, -0.2) is 83.4 Å². The first-order valence-corrected chi connectivity index (χ1v) is 14.4. The third kappa shape index (κ3) is 7.91. The van der Waals surface area contributed by atoms with Crippen molar-refractivity contribution in [3.63, 3.8) is 0 Å². The van der Waals surface area contributed by atoms with Crippen LogP contribution < -0.4 is 56.4 Å². The van der Waals surface area contributed by atoms with Gasteiger partial charge >= 0.3 is 40.7 Å². The van der Waals surface area contributed by atoms with Gasteiger partial charge in [-0.25, -0.2) is 0 Å². The molecular formula is C21H28N7NaO6S3. The number of carbonyl (C=O) groups excluding carboxylic acids is 3. The number of carbonyl (C=O) groups is 3. The van der Waals surface area contributed by atoms with Crippen molar-refractivity contribution < 1.29 is 49.0 Å². The Bertz CT molecular complexity index is 1260. The molecule has 1 fully saturated rings. The summed E-state index contributed by atoms with van der Waals surface area (Å²) in [6.07, 6.45) is 0. The monoisotopic (exact) mass is 593 g/mol. The van der Waals surface area contributed by atoms with Crippen molar-refractivity contribution in [2.75, 3.05) is 17.3 Å². The topological polar surface area (TPSA) is 182 Å². The van der Waals surface area contributed by atoms with Crippen LogP contribution in [0.25, 0.3) is 0 Å². The van der Waals surface area contributed by atoms with E-state index in [0.717, 1.165) is 16.7 Å². The molecule has 202 valence electrons. The summed E-state index contributed by atoms with van der Waals surface area (Å²) in [7, 11) is 1.50. The summed E-state index contributed by atoms with van der Waals surface area (Å²) in [6, 6.07) is -0.670. The number of β-lactam (4-membered cyclic amide) rings is 1. The van der Waals surface area contributed by atoms with E-state index in [1.54, 1.807) is 0 Å². The second kappa shape index (κ2) is 14.1. The SMILES string of the molecule is CC(C)N=C(NC(C)C)SCC(=O)NC1C(=O)N2C(C(=O)[O-])=C(CSc3nc(=O)c(=O)[nH]n3C)CSC12.[Na+]. The predicted octanol–water partition coefficient (Wildman–Crippen LogP) is -4.54. The van der Waals surface area contributed by atoms with Crippen LogP contribution in [0, 0.1) is 0 Å². The molecule has 2 aliphatic heterocycles. The van der Waals surface area contributed by atoms with Gasteiger partial charge in [0.2, 0.25) is 5.91 Å². The normalized spacial score (nSPS) is 19.2. The van der Waals surface area contributed by atoms with Gasteiger partial charge < -0.3 is 20.5 Å². The van der Waals surface area contributed by atoms with Crippen molar-refractivity contribution in [3.8, 4) is 0 Å². The Labute approximate surface area is 253 Å². The maximum atomic E-state index is 12.9. The zero-order valence-corrected chi connectivity index (χ0v) is 26.3. The fourth-order valence-electron chi connectivity index (χ4n) is 3.47. The van der Waals surface area contributed by atoms with Gasteiger partial charge in [0.1, 0.15) is 11.4 Å². The average molecular weight is 594 g/mol. The largest absolute Gasteiger partial charge is 1.00 e. The summed E-state index contributed by atoms with van der Waals surface area (Å²) in [5.74, 6) is -1.99. The minimum absolute atomic E-state index is 0. The van der Waals surface area contributed by atoms with Gasteiger partial charge in [-0.3, -0.25) is 38.9 Å². The van der Waals surface area contributed by atoms with Crippen LogP contribution in [0.15, 0.2) is 31.0 Å². The van der Waals surface area contributed by atoms with E-state index < -0.39 is 34.4 Å². The Balaban J connectivity index is 0.00000507. The van der Waals surface area contributed by atoms with Crippen LogP contribution in [0.1, 0.15) is 27.7 Å². The molecule has 2 amide bonds. The van der Waals surface area contributed by atoms with Gasteiger partial charge in [0.25, 0.3) is 5.91 Å². The molecule has 2 atom stereocenters. The molecule has 13 nitrogen and oxygen atoms in total. The smallest absolute Gasteiger partial charge is 0.543 e. The maximum Gasteiger partial charge on any atom is 1.00 e. The van der Waals surface area contributed by atoms with Gasteiger partial charge in [-0.1, -0.05) is 23.5 Å². The Morgan fingerprint density at radius 1 is 1.26 bits per heavy atom. The molecule has 3 heterocycles. The number of aromatic amines is 1. The number of fused-ring (bicyclic) bond motifs is 1. The standard InChI is InChI=1S/C21H29N7O6S3.Na/c1-9(2)22-20(23-10(3)4)36-8-12(29)24-13-17(32)28-14(19(33)34)11(6-35-18(13)28)7-37-21-25-15(30)16(31)26-27(21)5;/h9-10,13,18H,6-8H2,1-5H3,(H,22,23)(H,24,29)(H,26,31)(H,33,34);/q;+1/p-1. The van der Waals surface area contributed by atoms with Crippen LogP contribution >= 0.6 is 35.3 Å². The number of hydrogen-bond acceptors (Lipinski definition) is 11. The number of carboxylic acids is 1. The fourth-order valence-corrected chi connectivity index (χ4v) is 6.83. The summed E-state index contributed by atoms with van der Waals surface area (Å²) >= 11 is 3.60. The number of amidine groups is 1. The van der Waals surface area contributed by atoms with Gasteiger partial charge in [-0.05, 0) is 33.3 Å². The van der Waals surface area contributed by atoms with Crippen LogP contribution in [-0.2, 0) is 21.4 Å². The summed E-state index contributed by atoms with van der Waals surface area (Å²) in [6.45, 7) is 7.79. The molecule has 0 aromatic carbocycles. The molecule has 1 saturated heterocycles. The molecular weight excluding hydrogens is 565 g/mol. The van der Waals surface area contributed by atoms with Crippen LogP contribution in [0.2, 0.25) is 0 Å². The van der Waals surface area contributed by atoms with Crippen LogP contribution in [0.4, 0.5) is 0 Å². The van der Waals surface area contributed by atoms with Crippen molar-refractivity contribution in [2.45, 2.75) is 56.4 Å². The number of aliphatic carboxylic acids is 1. The molecule has 3 N–H and O–H groups in total.